The SMILES string of the molecule is COc1ccc(OC)c(-c2cc(Cl)c3c(c2)C[C@@H](CNC(=O)c2cccnc2C)O3)c1. The van der Waals surface area contributed by atoms with Crippen molar-refractivity contribution in [3.63, 3.8) is 0 Å². The fraction of sp³-hybridized carbons (Fsp3) is 0.250. The zero-order valence-corrected chi connectivity index (χ0v) is 18.3. The number of hydrogen-bond donors (Lipinski definition) is 1. The summed E-state index contributed by atoms with van der Waals surface area (Å²) in [5.74, 6) is 1.95. The van der Waals surface area contributed by atoms with Crippen LogP contribution >= 0.6 is 11.6 Å². The van der Waals surface area contributed by atoms with Gasteiger partial charge in [-0.3, -0.25) is 9.78 Å². The number of nitrogens with one attached hydrogen (secondary N) is 1. The summed E-state index contributed by atoms with van der Waals surface area (Å²) < 4.78 is 16.9. The van der Waals surface area contributed by atoms with E-state index in [0.29, 0.717) is 35.0 Å². The minimum Gasteiger partial charge on any atom is -0.497 e. The number of pyridine rings is 1. The molecule has 6 nitrogen and oxygen atoms in total. The van der Waals surface area contributed by atoms with Gasteiger partial charge in [0.15, 0.2) is 0 Å². The Hall–Kier alpha value is -3.25. The summed E-state index contributed by atoms with van der Waals surface area (Å²) >= 11 is 6.55. The molecular weight excluding hydrogens is 416 g/mol. The first-order valence-electron chi connectivity index (χ1n) is 9.91. The summed E-state index contributed by atoms with van der Waals surface area (Å²) in [6.45, 7) is 2.18. The third-order valence-corrected chi connectivity index (χ3v) is 5.59. The van der Waals surface area contributed by atoms with Crippen LogP contribution in [0.5, 0.6) is 17.2 Å². The van der Waals surface area contributed by atoms with Crippen molar-refractivity contribution in [1.82, 2.24) is 10.3 Å². The molecule has 1 atom stereocenters. The first-order valence-corrected chi connectivity index (χ1v) is 10.3. The largest absolute Gasteiger partial charge is 0.497 e. The molecule has 1 N–H and O–H groups in total. The number of aryl methyl sites for hydroxylation is 1. The Morgan fingerprint density at radius 3 is 2.81 bits per heavy atom. The van der Waals surface area contributed by atoms with E-state index in [1.807, 2.05) is 37.3 Å². The van der Waals surface area contributed by atoms with Crippen LogP contribution < -0.4 is 19.5 Å². The lowest BCUT2D eigenvalue weighted by atomic mass is 9.99. The number of methoxy groups -OCH3 is 2. The van der Waals surface area contributed by atoms with Crippen LogP contribution in [0.15, 0.2) is 48.7 Å². The van der Waals surface area contributed by atoms with Crippen LogP contribution in [0.1, 0.15) is 21.6 Å². The van der Waals surface area contributed by atoms with Crippen molar-refractivity contribution in [2.75, 3.05) is 20.8 Å². The molecule has 0 aliphatic carbocycles. The predicted octanol–water partition coefficient (Wildman–Crippen LogP) is 4.46. The number of carbonyl (C=O) groups is 1. The zero-order valence-electron chi connectivity index (χ0n) is 17.6. The molecule has 0 bridgehead atoms. The number of halogens is 1. The second-order valence-corrected chi connectivity index (χ2v) is 7.71. The second-order valence-electron chi connectivity index (χ2n) is 7.30. The van der Waals surface area contributed by atoms with Gasteiger partial charge in [-0.25, -0.2) is 0 Å². The molecule has 160 valence electrons. The van der Waals surface area contributed by atoms with Gasteiger partial charge >= 0.3 is 0 Å². The molecule has 0 saturated carbocycles. The van der Waals surface area contributed by atoms with E-state index in [1.54, 1.807) is 32.5 Å². The molecule has 1 aliphatic rings. The number of rotatable bonds is 6. The Morgan fingerprint density at radius 2 is 2.06 bits per heavy atom. The third kappa shape index (κ3) is 4.30. The van der Waals surface area contributed by atoms with Gasteiger partial charge in [0, 0.05) is 29.4 Å². The van der Waals surface area contributed by atoms with Crippen LogP contribution in [0.2, 0.25) is 5.02 Å². The summed E-state index contributed by atoms with van der Waals surface area (Å²) in [5.41, 5.74) is 4.04. The van der Waals surface area contributed by atoms with Crippen molar-refractivity contribution >= 4 is 17.5 Å². The fourth-order valence-electron chi connectivity index (χ4n) is 3.72. The average Bonchev–Trinajstić information content (AvgIpc) is 3.21. The Bertz CT molecular complexity index is 1130. The Labute approximate surface area is 186 Å². The molecule has 2 aromatic carbocycles. The lowest BCUT2D eigenvalue weighted by Crippen LogP contribution is -2.34. The van der Waals surface area contributed by atoms with Gasteiger partial charge in [-0.2, -0.15) is 0 Å². The van der Waals surface area contributed by atoms with Crippen LogP contribution in [0.25, 0.3) is 11.1 Å². The molecule has 0 unspecified atom stereocenters. The van der Waals surface area contributed by atoms with Crippen LogP contribution in [0.3, 0.4) is 0 Å². The molecular formula is C24H23ClN2O4. The van der Waals surface area contributed by atoms with Gasteiger partial charge in [-0.05, 0) is 55.0 Å². The van der Waals surface area contributed by atoms with Gasteiger partial charge in [0.25, 0.3) is 5.91 Å². The molecule has 3 aromatic rings. The number of hydrogen-bond acceptors (Lipinski definition) is 5. The summed E-state index contributed by atoms with van der Waals surface area (Å²) in [5, 5.41) is 3.45. The molecule has 4 rings (SSSR count). The number of aromatic nitrogens is 1. The maximum Gasteiger partial charge on any atom is 0.253 e. The Kier molecular flexibility index (Phi) is 6.00. The molecule has 7 heteroatoms. The van der Waals surface area contributed by atoms with E-state index in [4.69, 9.17) is 25.8 Å². The number of benzene rings is 2. The molecule has 1 amide bonds. The highest BCUT2D eigenvalue weighted by atomic mass is 35.5. The number of nitrogens with zero attached hydrogens (tertiary/aromatic N) is 1. The minimum absolute atomic E-state index is 0.168. The molecule has 0 fully saturated rings. The summed E-state index contributed by atoms with van der Waals surface area (Å²) in [7, 11) is 3.26. The van der Waals surface area contributed by atoms with E-state index in [-0.39, 0.29) is 12.0 Å². The molecule has 1 aromatic heterocycles. The van der Waals surface area contributed by atoms with E-state index in [1.165, 1.54) is 0 Å². The fourth-order valence-corrected chi connectivity index (χ4v) is 4.01. The molecule has 0 radical (unpaired) electrons. The third-order valence-electron chi connectivity index (χ3n) is 5.31. The van der Waals surface area contributed by atoms with E-state index >= 15 is 0 Å². The molecule has 31 heavy (non-hydrogen) atoms. The number of fused-ring (bicyclic) bond motifs is 1. The summed E-state index contributed by atoms with van der Waals surface area (Å²) in [6, 6.07) is 13.0. The second kappa shape index (κ2) is 8.86. The molecule has 2 heterocycles. The van der Waals surface area contributed by atoms with Crippen LogP contribution in [-0.2, 0) is 6.42 Å². The van der Waals surface area contributed by atoms with Crippen molar-refractivity contribution in [2.24, 2.45) is 0 Å². The first kappa shape index (κ1) is 21.0. The van der Waals surface area contributed by atoms with Crippen molar-refractivity contribution in [3.05, 3.63) is 70.5 Å². The molecule has 1 aliphatic heterocycles. The van der Waals surface area contributed by atoms with E-state index in [9.17, 15) is 4.79 Å². The zero-order chi connectivity index (χ0) is 22.0. The maximum absolute atomic E-state index is 12.5. The van der Waals surface area contributed by atoms with E-state index < -0.39 is 0 Å². The number of ether oxygens (including phenoxy) is 3. The van der Waals surface area contributed by atoms with Crippen LogP contribution in [-0.4, -0.2) is 37.8 Å². The standard InChI is InChI=1S/C24H23ClN2O4/c1-14-19(5-4-8-26-14)24(28)27-13-18-10-16-9-15(11-21(25)23(16)31-18)20-12-17(29-2)6-7-22(20)30-3/h4-9,11-12,18H,10,13H2,1-3H3,(H,27,28)/t18-/m0/s1. The summed E-state index contributed by atoms with van der Waals surface area (Å²) in [6.07, 6.45) is 2.11. The van der Waals surface area contributed by atoms with Gasteiger partial charge in [0.05, 0.1) is 31.4 Å². The summed E-state index contributed by atoms with van der Waals surface area (Å²) in [4.78, 5) is 16.6. The van der Waals surface area contributed by atoms with Gasteiger partial charge < -0.3 is 19.5 Å². The van der Waals surface area contributed by atoms with Crippen molar-refractivity contribution in [1.29, 1.82) is 0 Å². The minimum atomic E-state index is -0.198. The van der Waals surface area contributed by atoms with Gasteiger partial charge in [0.1, 0.15) is 23.4 Å². The first-order chi connectivity index (χ1) is 15.0. The van der Waals surface area contributed by atoms with Crippen molar-refractivity contribution in [2.45, 2.75) is 19.4 Å². The highest BCUT2D eigenvalue weighted by Gasteiger charge is 2.27. The lowest BCUT2D eigenvalue weighted by molar-refractivity contribution is 0.0932. The smallest absolute Gasteiger partial charge is 0.253 e. The Balaban J connectivity index is 1.52. The predicted molar refractivity (Wildman–Crippen MR) is 119 cm³/mol. The van der Waals surface area contributed by atoms with E-state index in [2.05, 4.69) is 10.3 Å². The topological polar surface area (TPSA) is 69.7 Å². The number of amides is 1. The van der Waals surface area contributed by atoms with Crippen molar-refractivity contribution < 1.29 is 19.0 Å². The van der Waals surface area contributed by atoms with Gasteiger partial charge in [-0.1, -0.05) is 11.6 Å². The van der Waals surface area contributed by atoms with Crippen molar-refractivity contribution in [3.8, 4) is 28.4 Å². The van der Waals surface area contributed by atoms with Crippen LogP contribution in [0, 0.1) is 6.92 Å². The van der Waals surface area contributed by atoms with Gasteiger partial charge in [-0.15, -0.1) is 0 Å². The molecule has 0 spiro atoms. The normalized spacial score (nSPS) is 14.5. The monoisotopic (exact) mass is 438 g/mol. The van der Waals surface area contributed by atoms with E-state index in [0.717, 1.165) is 28.2 Å². The highest BCUT2D eigenvalue weighted by Crippen LogP contribution is 2.42. The quantitative estimate of drug-likeness (QED) is 0.615. The maximum atomic E-state index is 12.5. The van der Waals surface area contributed by atoms with Gasteiger partial charge in [0.2, 0.25) is 0 Å². The average molecular weight is 439 g/mol. The lowest BCUT2D eigenvalue weighted by Gasteiger charge is -2.13. The highest BCUT2D eigenvalue weighted by molar-refractivity contribution is 6.32. The Morgan fingerprint density at radius 1 is 1.23 bits per heavy atom. The van der Waals surface area contributed by atoms with Crippen LogP contribution in [0.4, 0.5) is 0 Å². The molecule has 0 saturated heterocycles. The number of carbonyl (C=O) groups excluding carboxylic acids is 1.